The zero-order chi connectivity index (χ0) is 45.2. The summed E-state index contributed by atoms with van der Waals surface area (Å²) in [6.45, 7) is 4.68. The highest BCUT2D eigenvalue weighted by atomic mass is 35.5. The van der Waals surface area contributed by atoms with Crippen LogP contribution in [0.4, 0.5) is 17.1 Å². The van der Waals surface area contributed by atoms with E-state index in [9.17, 15) is 0 Å². The van der Waals surface area contributed by atoms with E-state index in [4.69, 9.17) is 23.2 Å². The number of halogens is 2. The smallest absolute Gasteiger partial charge is 0.0541 e. The molecule has 1 aliphatic rings. The first-order valence-corrected chi connectivity index (χ1v) is 23.6. The minimum atomic E-state index is -0.123. The highest BCUT2D eigenvalue weighted by molar-refractivity contribution is 6.34. The second-order valence-corrected chi connectivity index (χ2v) is 18.8. The molecule has 11 aromatic rings. The van der Waals surface area contributed by atoms with E-state index in [1.165, 1.54) is 38.5 Å². The summed E-state index contributed by atoms with van der Waals surface area (Å²) in [5.41, 5.74) is 20.2. The highest BCUT2D eigenvalue weighted by Crippen LogP contribution is 2.51. The highest BCUT2D eigenvalue weighted by Gasteiger charge is 2.35. The normalized spacial score (nSPS) is 12.6. The molecule has 67 heavy (non-hydrogen) atoms. The number of nitrogens with zero attached hydrogens (tertiary/aromatic N) is 2. The number of hydrogen-bond donors (Lipinski definition) is 0. The Balaban J connectivity index is 1.04. The number of fused-ring (bicyclic) bond motifs is 6. The lowest BCUT2D eigenvalue weighted by Gasteiger charge is -2.28. The third-order valence-corrected chi connectivity index (χ3v) is 14.4. The fourth-order valence-electron chi connectivity index (χ4n) is 10.5. The molecule has 0 amide bonds. The summed E-state index contributed by atoms with van der Waals surface area (Å²) in [4.78, 5) is 2.36. The molecular formula is C63H44Cl2N2. The van der Waals surface area contributed by atoms with Crippen LogP contribution in [-0.2, 0) is 5.41 Å². The molecule has 0 aliphatic heterocycles. The van der Waals surface area contributed by atoms with Crippen LogP contribution in [0.1, 0.15) is 25.0 Å². The van der Waals surface area contributed by atoms with Crippen molar-refractivity contribution in [3.63, 3.8) is 0 Å². The molecule has 12 rings (SSSR count). The predicted octanol–water partition coefficient (Wildman–Crippen LogP) is 18.5. The monoisotopic (exact) mass is 898 g/mol. The molecule has 4 heteroatoms. The van der Waals surface area contributed by atoms with Crippen LogP contribution in [0.3, 0.4) is 0 Å². The molecule has 0 saturated heterocycles. The molecular weight excluding hydrogens is 856 g/mol. The van der Waals surface area contributed by atoms with Gasteiger partial charge in [0.1, 0.15) is 0 Å². The summed E-state index contributed by atoms with van der Waals surface area (Å²) in [5, 5.41) is 3.76. The van der Waals surface area contributed by atoms with Crippen molar-refractivity contribution in [2.24, 2.45) is 0 Å². The van der Waals surface area contributed by atoms with E-state index >= 15 is 0 Å². The van der Waals surface area contributed by atoms with E-state index in [1.54, 1.807) is 0 Å². The van der Waals surface area contributed by atoms with Gasteiger partial charge in [0.15, 0.2) is 0 Å². The van der Waals surface area contributed by atoms with E-state index < -0.39 is 0 Å². The number of benzene rings is 10. The maximum atomic E-state index is 7.16. The van der Waals surface area contributed by atoms with Crippen LogP contribution in [-0.4, -0.2) is 4.57 Å². The summed E-state index contributed by atoms with van der Waals surface area (Å²) in [5.74, 6) is 0. The van der Waals surface area contributed by atoms with Gasteiger partial charge in [0.25, 0.3) is 0 Å². The van der Waals surface area contributed by atoms with Crippen LogP contribution in [0.2, 0.25) is 10.0 Å². The van der Waals surface area contributed by atoms with Crippen LogP contribution < -0.4 is 4.90 Å². The third-order valence-electron chi connectivity index (χ3n) is 13.8. The Morgan fingerprint density at radius 3 is 1.54 bits per heavy atom. The van der Waals surface area contributed by atoms with Gasteiger partial charge in [-0.2, -0.15) is 0 Å². The quantitative estimate of drug-likeness (QED) is 0.148. The van der Waals surface area contributed by atoms with Crippen LogP contribution in [0, 0.1) is 0 Å². The van der Waals surface area contributed by atoms with Crippen molar-refractivity contribution in [1.82, 2.24) is 4.57 Å². The van der Waals surface area contributed by atoms with E-state index in [-0.39, 0.29) is 5.41 Å². The number of aromatic nitrogens is 1. The van der Waals surface area contributed by atoms with Gasteiger partial charge in [-0.25, -0.2) is 0 Å². The fraction of sp³-hybridized carbons (Fsp3) is 0.0476. The summed E-state index contributed by atoms with van der Waals surface area (Å²) in [6.07, 6.45) is 0. The van der Waals surface area contributed by atoms with E-state index in [0.717, 1.165) is 72.8 Å². The topological polar surface area (TPSA) is 8.17 Å². The lowest BCUT2D eigenvalue weighted by Crippen LogP contribution is -2.16. The molecule has 0 fully saturated rings. The molecule has 0 spiro atoms. The SMILES string of the molecule is CC1(C)c2ccccc2-c2ccc(N(c3ccccc3)c3ccc(-c4cc(-c5ccccc5Cl)c(-c5ccc6c(c5)c5ccccc5n6-c5ccccc5)cc4-c4ccccc4Cl)cc3)cc21. The van der Waals surface area contributed by atoms with Gasteiger partial charge in [0.05, 0.1) is 11.0 Å². The number of hydrogen-bond acceptors (Lipinski definition) is 1. The van der Waals surface area contributed by atoms with Crippen molar-refractivity contribution in [3.05, 3.63) is 252 Å². The van der Waals surface area contributed by atoms with Gasteiger partial charge in [-0.3, -0.25) is 0 Å². The Kier molecular flexibility index (Phi) is 9.98. The standard InChI is InChI=1S/C63H44Cl2N2/c1-63(2)57-25-13-9-21-47(57)48-35-34-46(38-58(48)63)66(43-17-5-3-6-18-43)45-32-29-41(30-33-45)52-39-55(50-23-11-15-27-60(50)65)53(40-54(52)49-22-10-14-26-59(49)64)42-31-36-62-56(37-42)51-24-12-16-28-61(51)67(62)44-19-7-4-8-20-44/h3-40H,1-2H3. The Morgan fingerprint density at radius 1 is 0.343 bits per heavy atom. The number of rotatable bonds is 8. The van der Waals surface area contributed by atoms with Gasteiger partial charge in [0, 0.05) is 60.1 Å². The summed E-state index contributed by atoms with van der Waals surface area (Å²) in [6, 6.07) is 82.5. The number of anilines is 3. The van der Waals surface area contributed by atoms with Crippen molar-refractivity contribution in [1.29, 1.82) is 0 Å². The first-order chi connectivity index (χ1) is 32.8. The second-order valence-electron chi connectivity index (χ2n) is 17.9. The van der Waals surface area contributed by atoms with Crippen LogP contribution >= 0.6 is 23.2 Å². The number of para-hydroxylation sites is 3. The Morgan fingerprint density at radius 2 is 0.851 bits per heavy atom. The van der Waals surface area contributed by atoms with E-state index in [1.807, 2.05) is 24.3 Å². The summed E-state index contributed by atoms with van der Waals surface area (Å²) >= 11 is 14.3. The Hall–Kier alpha value is -7.62. The van der Waals surface area contributed by atoms with Crippen molar-refractivity contribution in [2.75, 3.05) is 4.90 Å². The van der Waals surface area contributed by atoms with Crippen LogP contribution in [0.15, 0.2) is 231 Å². The van der Waals surface area contributed by atoms with Gasteiger partial charge in [-0.15, -0.1) is 0 Å². The molecule has 0 bridgehead atoms. The first-order valence-electron chi connectivity index (χ1n) is 22.8. The van der Waals surface area contributed by atoms with Crippen molar-refractivity contribution < 1.29 is 0 Å². The summed E-state index contributed by atoms with van der Waals surface area (Å²) in [7, 11) is 0. The van der Waals surface area contributed by atoms with Gasteiger partial charge in [-0.05, 0) is 147 Å². The zero-order valence-corrected chi connectivity index (χ0v) is 38.6. The lowest BCUT2D eigenvalue weighted by molar-refractivity contribution is 0.660. The molecule has 1 aliphatic carbocycles. The molecule has 320 valence electrons. The molecule has 0 N–H and O–H groups in total. The zero-order valence-electron chi connectivity index (χ0n) is 37.1. The minimum Gasteiger partial charge on any atom is -0.310 e. The molecule has 0 unspecified atom stereocenters. The third kappa shape index (κ3) is 6.87. The van der Waals surface area contributed by atoms with Crippen LogP contribution in [0.25, 0.3) is 83.1 Å². The van der Waals surface area contributed by atoms with Crippen molar-refractivity contribution in [3.8, 4) is 61.3 Å². The van der Waals surface area contributed by atoms with Crippen molar-refractivity contribution in [2.45, 2.75) is 19.3 Å². The Bertz CT molecular complexity index is 3680. The molecule has 1 aromatic heterocycles. The maximum Gasteiger partial charge on any atom is 0.0541 e. The molecule has 2 nitrogen and oxygen atoms in total. The van der Waals surface area contributed by atoms with E-state index in [0.29, 0.717) is 10.0 Å². The average Bonchev–Trinajstić information content (AvgIpc) is 3.82. The Labute approximate surface area is 401 Å². The van der Waals surface area contributed by atoms with Crippen molar-refractivity contribution >= 4 is 62.1 Å². The van der Waals surface area contributed by atoms with Crippen LogP contribution in [0.5, 0.6) is 0 Å². The second kappa shape index (κ2) is 16.4. The molecule has 0 saturated carbocycles. The van der Waals surface area contributed by atoms with Gasteiger partial charge in [0.2, 0.25) is 0 Å². The van der Waals surface area contributed by atoms with Gasteiger partial charge >= 0.3 is 0 Å². The summed E-state index contributed by atoms with van der Waals surface area (Å²) < 4.78 is 2.36. The maximum absolute atomic E-state index is 7.16. The van der Waals surface area contributed by atoms with E-state index in [2.05, 4.69) is 230 Å². The largest absolute Gasteiger partial charge is 0.310 e. The fourth-order valence-corrected chi connectivity index (χ4v) is 11.0. The molecule has 0 atom stereocenters. The van der Waals surface area contributed by atoms with Gasteiger partial charge < -0.3 is 9.47 Å². The molecule has 1 heterocycles. The average molecular weight is 900 g/mol. The molecule has 10 aromatic carbocycles. The first kappa shape index (κ1) is 40.9. The molecule has 0 radical (unpaired) electrons. The van der Waals surface area contributed by atoms with Gasteiger partial charge in [-0.1, -0.05) is 177 Å². The lowest BCUT2D eigenvalue weighted by atomic mass is 9.82. The predicted molar refractivity (Wildman–Crippen MR) is 285 cm³/mol. The minimum absolute atomic E-state index is 0.123.